The van der Waals surface area contributed by atoms with Gasteiger partial charge in [-0.25, -0.2) is 4.79 Å². The SMILES string of the molecule is CCOC(=O)C1C(=O)C(=O)O[C@@H]1C. The molecule has 1 unspecified atom stereocenters. The van der Waals surface area contributed by atoms with Gasteiger partial charge in [-0.3, -0.25) is 9.59 Å². The molecule has 0 aliphatic carbocycles. The van der Waals surface area contributed by atoms with Crippen LogP contribution < -0.4 is 0 Å². The molecule has 0 aromatic heterocycles. The minimum absolute atomic E-state index is 0.184. The summed E-state index contributed by atoms with van der Waals surface area (Å²) in [4.78, 5) is 32.9. The molecule has 0 radical (unpaired) electrons. The van der Waals surface area contributed by atoms with Gasteiger partial charge < -0.3 is 9.47 Å². The maximum atomic E-state index is 11.1. The standard InChI is InChI=1S/C8H10O5/c1-3-12-7(10)5-4(2)13-8(11)6(5)9/h4-5H,3H2,1-2H3/t4-,5?/m1/s1. The first kappa shape index (κ1) is 9.70. The van der Waals surface area contributed by atoms with Crippen LogP contribution in [0.2, 0.25) is 0 Å². The van der Waals surface area contributed by atoms with Crippen LogP contribution in [0.3, 0.4) is 0 Å². The summed E-state index contributed by atoms with van der Waals surface area (Å²) in [6, 6.07) is 0. The molecule has 0 aromatic rings. The average Bonchev–Trinajstić information content (AvgIpc) is 2.27. The number of cyclic esters (lactones) is 1. The Kier molecular flexibility index (Phi) is 2.65. The van der Waals surface area contributed by atoms with Gasteiger partial charge in [-0.15, -0.1) is 0 Å². The predicted octanol–water partition coefficient (Wildman–Crippen LogP) is -0.320. The smallest absolute Gasteiger partial charge is 0.375 e. The fourth-order valence-corrected chi connectivity index (χ4v) is 1.17. The first-order chi connectivity index (χ1) is 6.07. The van der Waals surface area contributed by atoms with Crippen LogP contribution in [0.25, 0.3) is 0 Å². The van der Waals surface area contributed by atoms with Gasteiger partial charge in [0.1, 0.15) is 6.10 Å². The Morgan fingerprint density at radius 2 is 2.15 bits per heavy atom. The lowest BCUT2D eigenvalue weighted by Gasteiger charge is -2.09. The van der Waals surface area contributed by atoms with Crippen molar-refractivity contribution >= 4 is 17.7 Å². The molecule has 5 nitrogen and oxygen atoms in total. The zero-order valence-electron chi connectivity index (χ0n) is 7.40. The Labute approximate surface area is 75.0 Å². The number of Topliss-reactive ketones (excluding diaryl/α,β-unsaturated/α-hetero) is 1. The molecule has 2 atom stereocenters. The van der Waals surface area contributed by atoms with Crippen molar-refractivity contribution in [2.24, 2.45) is 5.92 Å². The van der Waals surface area contributed by atoms with Gasteiger partial charge in [-0.05, 0) is 13.8 Å². The second-order valence-electron chi connectivity index (χ2n) is 2.70. The number of carbonyl (C=O) groups is 3. The lowest BCUT2D eigenvalue weighted by molar-refractivity contribution is -0.152. The Morgan fingerprint density at radius 1 is 1.54 bits per heavy atom. The zero-order chi connectivity index (χ0) is 10.0. The molecular weight excluding hydrogens is 176 g/mol. The van der Waals surface area contributed by atoms with Crippen molar-refractivity contribution in [3.05, 3.63) is 0 Å². The van der Waals surface area contributed by atoms with Gasteiger partial charge in [0, 0.05) is 0 Å². The average molecular weight is 186 g/mol. The second-order valence-corrected chi connectivity index (χ2v) is 2.70. The second kappa shape index (κ2) is 3.55. The molecule has 0 aromatic carbocycles. The predicted molar refractivity (Wildman–Crippen MR) is 40.7 cm³/mol. The Bertz CT molecular complexity index is 257. The molecule has 0 amide bonds. The third kappa shape index (κ3) is 1.68. The normalized spacial score (nSPS) is 27.2. The van der Waals surface area contributed by atoms with E-state index >= 15 is 0 Å². The van der Waals surface area contributed by atoms with Crippen LogP contribution in [-0.2, 0) is 23.9 Å². The molecule has 1 saturated heterocycles. The summed E-state index contributed by atoms with van der Waals surface area (Å²) in [6.45, 7) is 3.30. The molecule has 0 bridgehead atoms. The molecule has 1 aliphatic heterocycles. The number of hydrogen-bond donors (Lipinski definition) is 0. The van der Waals surface area contributed by atoms with Crippen molar-refractivity contribution in [2.45, 2.75) is 20.0 Å². The molecule has 1 fully saturated rings. The third-order valence-corrected chi connectivity index (χ3v) is 1.79. The van der Waals surface area contributed by atoms with Gasteiger partial charge in [0.2, 0.25) is 0 Å². The van der Waals surface area contributed by atoms with Crippen LogP contribution in [0.1, 0.15) is 13.8 Å². The summed E-state index contributed by atoms with van der Waals surface area (Å²) in [5.74, 6) is -3.53. The molecular formula is C8H10O5. The van der Waals surface area contributed by atoms with Crippen molar-refractivity contribution in [2.75, 3.05) is 6.61 Å². The maximum absolute atomic E-state index is 11.1. The summed E-state index contributed by atoms with van der Waals surface area (Å²) in [5.41, 5.74) is 0. The molecule has 13 heavy (non-hydrogen) atoms. The van der Waals surface area contributed by atoms with Gasteiger partial charge in [0.05, 0.1) is 6.61 Å². The van der Waals surface area contributed by atoms with Gasteiger partial charge in [0.15, 0.2) is 5.92 Å². The first-order valence-electron chi connectivity index (χ1n) is 3.99. The van der Waals surface area contributed by atoms with Crippen molar-refractivity contribution in [3.63, 3.8) is 0 Å². The molecule has 5 heteroatoms. The number of ether oxygens (including phenoxy) is 2. The molecule has 0 saturated carbocycles. The van der Waals surface area contributed by atoms with Crippen molar-refractivity contribution in [1.29, 1.82) is 0 Å². The van der Waals surface area contributed by atoms with E-state index < -0.39 is 29.7 Å². The van der Waals surface area contributed by atoms with Crippen LogP contribution >= 0.6 is 0 Å². The van der Waals surface area contributed by atoms with Crippen molar-refractivity contribution in [1.82, 2.24) is 0 Å². The zero-order valence-corrected chi connectivity index (χ0v) is 7.40. The van der Waals surface area contributed by atoms with E-state index in [9.17, 15) is 14.4 Å². The molecule has 1 heterocycles. The van der Waals surface area contributed by atoms with E-state index in [1.54, 1.807) is 6.92 Å². The Morgan fingerprint density at radius 3 is 2.54 bits per heavy atom. The monoisotopic (exact) mass is 186 g/mol. The van der Waals surface area contributed by atoms with Gasteiger partial charge in [-0.1, -0.05) is 0 Å². The molecule has 0 spiro atoms. The van der Waals surface area contributed by atoms with E-state index in [0.29, 0.717) is 0 Å². The van der Waals surface area contributed by atoms with Crippen LogP contribution in [0, 0.1) is 5.92 Å². The molecule has 72 valence electrons. The number of rotatable bonds is 2. The van der Waals surface area contributed by atoms with Crippen LogP contribution in [0.15, 0.2) is 0 Å². The highest BCUT2D eigenvalue weighted by molar-refractivity contribution is 6.39. The molecule has 1 aliphatic rings. The van der Waals surface area contributed by atoms with E-state index in [2.05, 4.69) is 9.47 Å². The van der Waals surface area contributed by atoms with Gasteiger partial charge in [-0.2, -0.15) is 0 Å². The van der Waals surface area contributed by atoms with E-state index in [4.69, 9.17) is 0 Å². The largest absolute Gasteiger partial charge is 0.465 e. The highest BCUT2D eigenvalue weighted by Gasteiger charge is 2.46. The number of carbonyl (C=O) groups excluding carboxylic acids is 3. The quantitative estimate of drug-likeness (QED) is 0.336. The van der Waals surface area contributed by atoms with Crippen molar-refractivity contribution < 1.29 is 23.9 Å². The summed E-state index contributed by atoms with van der Waals surface area (Å²) < 4.78 is 9.19. The van der Waals surface area contributed by atoms with E-state index in [1.165, 1.54) is 6.92 Å². The van der Waals surface area contributed by atoms with E-state index in [-0.39, 0.29) is 6.61 Å². The summed E-state index contributed by atoms with van der Waals surface area (Å²) in [6.07, 6.45) is -0.709. The molecule has 0 N–H and O–H groups in total. The minimum Gasteiger partial charge on any atom is -0.465 e. The highest BCUT2D eigenvalue weighted by Crippen LogP contribution is 2.19. The van der Waals surface area contributed by atoms with Crippen LogP contribution in [0.5, 0.6) is 0 Å². The Hall–Kier alpha value is -1.39. The summed E-state index contributed by atoms with van der Waals surface area (Å²) in [5, 5.41) is 0. The lowest BCUT2D eigenvalue weighted by atomic mass is 10.0. The number of hydrogen-bond acceptors (Lipinski definition) is 5. The first-order valence-corrected chi connectivity index (χ1v) is 3.99. The molecule has 1 rings (SSSR count). The van der Waals surface area contributed by atoms with Crippen LogP contribution in [0.4, 0.5) is 0 Å². The van der Waals surface area contributed by atoms with E-state index in [0.717, 1.165) is 0 Å². The summed E-state index contributed by atoms with van der Waals surface area (Å²) >= 11 is 0. The minimum atomic E-state index is -1.08. The Balaban J connectivity index is 2.74. The maximum Gasteiger partial charge on any atom is 0.375 e. The van der Waals surface area contributed by atoms with Crippen molar-refractivity contribution in [3.8, 4) is 0 Å². The fourth-order valence-electron chi connectivity index (χ4n) is 1.17. The number of esters is 2. The van der Waals surface area contributed by atoms with Gasteiger partial charge >= 0.3 is 11.9 Å². The lowest BCUT2D eigenvalue weighted by Crippen LogP contribution is -2.29. The third-order valence-electron chi connectivity index (χ3n) is 1.79. The summed E-state index contributed by atoms with van der Waals surface area (Å²) in [7, 11) is 0. The topological polar surface area (TPSA) is 69.7 Å². The van der Waals surface area contributed by atoms with Crippen LogP contribution in [-0.4, -0.2) is 30.4 Å². The number of ketones is 1. The van der Waals surface area contributed by atoms with Gasteiger partial charge in [0.25, 0.3) is 5.78 Å². The highest BCUT2D eigenvalue weighted by atomic mass is 16.6. The van der Waals surface area contributed by atoms with E-state index in [1.807, 2.05) is 0 Å². The fraction of sp³-hybridized carbons (Fsp3) is 0.625.